The SMILES string of the molecule is CCCN(CC(=O)Nc1ccccc1OC)C(=O)/C=C/c1c(F)cccc1F. The predicted octanol–water partition coefficient (Wildman–Crippen LogP) is 3.86. The van der Waals surface area contributed by atoms with Gasteiger partial charge in [-0.25, -0.2) is 8.78 Å². The van der Waals surface area contributed by atoms with Gasteiger partial charge in [0.2, 0.25) is 11.8 Å². The molecule has 2 rings (SSSR count). The fourth-order valence-electron chi connectivity index (χ4n) is 2.58. The second-order valence-electron chi connectivity index (χ2n) is 5.98. The van der Waals surface area contributed by atoms with Gasteiger partial charge >= 0.3 is 0 Å². The zero-order chi connectivity index (χ0) is 20.5. The number of nitrogens with one attached hydrogen (secondary N) is 1. The van der Waals surface area contributed by atoms with Crippen LogP contribution < -0.4 is 10.1 Å². The van der Waals surface area contributed by atoms with Crippen molar-refractivity contribution in [3.05, 3.63) is 65.7 Å². The van der Waals surface area contributed by atoms with Crippen molar-refractivity contribution in [1.82, 2.24) is 4.90 Å². The van der Waals surface area contributed by atoms with Crippen molar-refractivity contribution < 1.29 is 23.1 Å². The topological polar surface area (TPSA) is 58.6 Å². The van der Waals surface area contributed by atoms with Crippen molar-refractivity contribution in [2.45, 2.75) is 13.3 Å². The molecule has 0 aliphatic heterocycles. The molecule has 5 nitrogen and oxygen atoms in total. The highest BCUT2D eigenvalue weighted by Crippen LogP contribution is 2.22. The normalized spacial score (nSPS) is 10.7. The van der Waals surface area contributed by atoms with Gasteiger partial charge in [0, 0.05) is 18.2 Å². The number of methoxy groups -OCH3 is 1. The van der Waals surface area contributed by atoms with E-state index in [-0.39, 0.29) is 12.1 Å². The molecular formula is C21H22F2N2O3. The van der Waals surface area contributed by atoms with Crippen LogP contribution in [0.5, 0.6) is 5.75 Å². The van der Waals surface area contributed by atoms with Gasteiger partial charge < -0.3 is 15.0 Å². The standard InChI is InChI=1S/C21H22F2N2O3/c1-3-13-25(14-20(26)24-18-9-4-5-10-19(18)28-2)21(27)12-11-15-16(22)7-6-8-17(15)23/h4-12H,3,13-14H2,1-2H3,(H,24,26)/b12-11+. The first kappa shape index (κ1) is 21.1. The van der Waals surface area contributed by atoms with Crippen LogP contribution in [0.4, 0.5) is 14.5 Å². The summed E-state index contributed by atoms with van der Waals surface area (Å²) in [4.78, 5) is 26.1. The Kier molecular flexibility index (Phi) is 7.68. The first-order chi connectivity index (χ1) is 13.5. The fourth-order valence-corrected chi connectivity index (χ4v) is 2.58. The summed E-state index contributed by atoms with van der Waals surface area (Å²) in [7, 11) is 1.49. The number of anilines is 1. The predicted molar refractivity (Wildman–Crippen MR) is 104 cm³/mol. The van der Waals surface area contributed by atoms with E-state index in [9.17, 15) is 18.4 Å². The van der Waals surface area contributed by atoms with Gasteiger partial charge in [0.15, 0.2) is 0 Å². The van der Waals surface area contributed by atoms with E-state index in [1.54, 1.807) is 24.3 Å². The molecule has 0 atom stereocenters. The van der Waals surface area contributed by atoms with Crippen LogP contribution in [0.15, 0.2) is 48.5 Å². The third-order valence-corrected chi connectivity index (χ3v) is 3.91. The number of para-hydroxylation sites is 2. The number of halogens is 2. The van der Waals surface area contributed by atoms with Gasteiger partial charge in [-0.3, -0.25) is 9.59 Å². The Bertz CT molecular complexity index is 848. The Labute approximate surface area is 162 Å². The van der Waals surface area contributed by atoms with Gasteiger partial charge in [-0.1, -0.05) is 25.1 Å². The zero-order valence-electron chi connectivity index (χ0n) is 15.7. The van der Waals surface area contributed by atoms with E-state index in [2.05, 4.69) is 5.32 Å². The lowest BCUT2D eigenvalue weighted by molar-refractivity contribution is -0.130. The highest BCUT2D eigenvalue weighted by atomic mass is 19.1. The number of ether oxygens (including phenoxy) is 1. The largest absolute Gasteiger partial charge is 0.495 e. The van der Waals surface area contributed by atoms with E-state index in [0.717, 1.165) is 24.3 Å². The van der Waals surface area contributed by atoms with Crippen molar-refractivity contribution in [3.63, 3.8) is 0 Å². The van der Waals surface area contributed by atoms with Crippen LogP contribution in [-0.4, -0.2) is 36.9 Å². The molecule has 2 aromatic rings. The van der Waals surface area contributed by atoms with Crippen LogP contribution in [0.1, 0.15) is 18.9 Å². The first-order valence-electron chi connectivity index (χ1n) is 8.80. The van der Waals surface area contributed by atoms with Crippen LogP contribution in [0.2, 0.25) is 0 Å². The molecule has 2 aromatic carbocycles. The molecule has 0 aliphatic rings. The number of carbonyl (C=O) groups excluding carboxylic acids is 2. The lowest BCUT2D eigenvalue weighted by atomic mass is 10.2. The van der Waals surface area contributed by atoms with Gasteiger partial charge in [-0.05, 0) is 36.8 Å². The van der Waals surface area contributed by atoms with E-state index in [4.69, 9.17) is 4.74 Å². The zero-order valence-corrected chi connectivity index (χ0v) is 15.7. The minimum absolute atomic E-state index is 0.200. The van der Waals surface area contributed by atoms with E-state index in [1.807, 2.05) is 6.92 Å². The summed E-state index contributed by atoms with van der Waals surface area (Å²) in [6.45, 7) is 1.98. The monoisotopic (exact) mass is 388 g/mol. The average molecular weight is 388 g/mol. The van der Waals surface area contributed by atoms with Crippen molar-refractivity contribution >= 4 is 23.6 Å². The molecule has 0 saturated heterocycles. The molecule has 0 saturated carbocycles. The molecule has 1 N–H and O–H groups in total. The molecule has 2 amide bonds. The summed E-state index contributed by atoms with van der Waals surface area (Å²) in [5, 5.41) is 2.70. The maximum Gasteiger partial charge on any atom is 0.247 e. The van der Waals surface area contributed by atoms with Crippen molar-refractivity contribution in [2.24, 2.45) is 0 Å². The number of rotatable bonds is 8. The third-order valence-electron chi connectivity index (χ3n) is 3.91. The molecule has 0 aliphatic carbocycles. The molecule has 148 valence electrons. The Hall–Kier alpha value is -3.22. The van der Waals surface area contributed by atoms with E-state index in [1.165, 1.54) is 18.1 Å². The second-order valence-corrected chi connectivity index (χ2v) is 5.98. The van der Waals surface area contributed by atoms with Crippen molar-refractivity contribution in [3.8, 4) is 5.75 Å². The number of carbonyl (C=O) groups is 2. The Morgan fingerprint density at radius 2 is 1.79 bits per heavy atom. The smallest absolute Gasteiger partial charge is 0.247 e. The van der Waals surface area contributed by atoms with Gasteiger partial charge in [-0.2, -0.15) is 0 Å². The third kappa shape index (κ3) is 5.64. The number of hydrogen-bond acceptors (Lipinski definition) is 3. The lowest BCUT2D eigenvalue weighted by Gasteiger charge is -2.20. The average Bonchev–Trinajstić information content (AvgIpc) is 2.67. The summed E-state index contributed by atoms with van der Waals surface area (Å²) >= 11 is 0. The molecule has 28 heavy (non-hydrogen) atoms. The first-order valence-corrected chi connectivity index (χ1v) is 8.80. The number of hydrogen-bond donors (Lipinski definition) is 1. The number of nitrogens with zero attached hydrogens (tertiary/aromatic N) is 1. The van der Waals surface area contributed by atoms with Crippen LogP contribution in [0.25, 0.3) is 6.08 Å². The molecule has 7 heteroatoms. The molecule has 0 aromatic heterocycles. The minimum atomic E-state index is -0.764. The van der Waals surface area contributed by atoms with E-state index >= 15 is 0 Å². The summed E-state index contributed by atoms with van der Waals surface area (Å²) in [5.74, 6) is -1.95. The summed E-state index contributed by atoms with van der Waals surface area (Å²) in [6, 6.07) is 10.4. The van der Waals surface area contributed by atoms with Crippen LogP contribution in [-0.2, 0) is 9.59 Å². The van der Waals surface area contributed by atoms with E-state index in [0.29, 0.717) is 24.4 Å². The Morgan fingerprint density at radius 3 is 2.43 bits per heavy atom. The fraction of sp³-hybridized carbons (Fsp3) is 0.238. The molecule has 0 heterocycles. The molecule has 0 radical (unpaired) electrons. The Balaban J connectivity index is 2.08. The van der Waals surface area contributed by atoms with Crippen LogP contribution in [0, 0.1) is 11.6 Å². The second kappa shape index (κ2) is 10.2. The molecule has 0 spiro atoms. The number of benzene rings is 2. The van der Waals surface area contributed by atoms with Gasteiger partial charge in [-0.15, -0.1) is 0 Å². The van der Waals surface area contributed by atoms with Gasteiger partial charge in [0.25, 0.3) is 0 Å². The molecule has 0 unspecified atom stereocenters. The highest BCUT2D eigenvalue weighted by molar-refractivity contribution is 5.98. The highest BCUT2D eigenvalue weighted by Gasteiger charge is 2.16. The summed E-state index contributed by atoms with van der Waals surface area (Å²) < 4.78 is 32.5. The quantitative estimate of drug-likeness (QED) is 0.699. The number of amides is 2. The van der Waals surface area contributed by atoms with Gasteiger partial charge in [0.05, 0.1) is 12.8 Å². The lowest BCUT2D eigenvalue weighted by Crippen LogP contribution is -2.37. The van der Waals surface area contributed by atoms with Crippen LogP contribution in [0.3, 0.4) is 0 Å². The van der Waals surface area contributed by atoms with Crippen molar-refractivity contribution in [2.75, 3.05) is 25.5 Å². The minimum Gasteiger partial charge on any atom is -0.495 e. The van der Waals surface area contributed by atoms with Crippen LogP contribution >= 0.6 is 0 Å². The molecule has 0 fully saturated rings. The maximum absolute atomic E-state index is 13.7. The van der Waals surface area contributed by atoms with Crippen molar-refractivity contribution in [1.29, 1.82) is 0 Å². The molecular weight excluding hydrogens is 366 g/mol. The summed E-state index contributed by atoms with van der Waals surface area (Å²) in [5.41, 5.74) is 0.189. The van der Waals surface area contributed by atoms with Gasteiger partial charge in [0.1, 0.15) is 23.9 Å². The Morgan fingerprint density at radius 1 is 1.11 bits per heavy atom. The summed E-state index contributed by atoms with van der Waals surface area (Å²) in [6.07, 6.45) is 2.76. The van der Waals surface area contributed by atoms with E-state index < -0.39 is 23.4 Å². The maximum atomic E-state index is 13.7. The molecule has 0 bridgehead atoms.